The van der Waals surface area contributed by atoms with Crippen LogP contribution in [0.2, 0.25) is 0 Å². The Balaban J connectivity index is 1.52. The van der Waals surface area contributed by atoms with Crippen molar-refractivity contribution in [3.05, 3.63) is 65.2 Å². The lowest BCUT2D eigenvalue weighted by Gasteiger charge is -2.43. The highest BCUT2D eigenvalue weighted by Gasteiger charge is 2.53. The number of fused-ring (bicyclic) bond motifs is 7. The fourth-order valence-corrected chi connectivity index (χ4v) is 6.03. The zero-order chi connectivity index (χ0) is 19.3. The fraction of sp³-hybridized carbons (Fsp3) is 0.480. The molecule has 1 aliphatic heterocycles. The zero-order valence-corrected chi connectivity index (χ0v) is 16.8. The average Bonchev–Trinajstić information content (AvgIpc) is 3.36. The van der Waals surface area contributed by atoms with Crippen molar-refractivity contribution in [1.82, 2.24) is 5.32 Å². The number of benzene rings is 2. The number of amides is 1. The van der Waals surface area contributed by atoms with Gasteiger partial charge in [-0.05, 0) is 85.6 Å². The van der Waals surface area contributed by atoms with E-state index in [0.29, 0.717) is 17.9 Å². The summed E-state index contributed by atoms with van der Waals surface area (Å²) in [5, 5.41) is 6.98. The molecule has 0 saturated heterocycles. The predicted molar refractivity (Wildman–Crippen MR) is 114 cm³/mol. The number of anilines is 1. The van der Waals surface area contributed by atoms with E-state index in [-0.39, 0.29) is 11.9 Å². The molecule has 2 aromatic rings. The first-order valence-corrected chi connectivity index (χ1v) is 10.9. The monoisotopic (exact) mass is 374 g/mol. The second-order valence-corrected chi connectivity index (χ2v) is 9.05. The molecule has 2 bridgehead atoms. The molecular weight excluding hydrogens is 344 g/mol. The summed E-state index contributed by atoms with van der Waals surface area (Å²) in [5.41, 5.74) is 4.80. The first-order chi connectivity index (χ1) is 13.7. The molecule has 146 valence electrons. The highest BCUT2D eigenvalue weighted by atomic mass is 16.1. The van der Waals surface area contributed by atoms with Crippen LogP contribution in [0.25, 0.3) is 0 Å². The van der Waals surface area contributed by atoms with Crippen molar-refractivity contribution in [2.24, 2.45) is 17.8 Å². The molecule has 0 radical (unpaired) electrons. The maximum absolute atomic E-state index is 12.7. The lowest BCUT2D eigenvalue weighted by molar-refractivity contribution is 0.0939. The first-order valence-electron chi connectivity index (χ1n) is 10.9. The van der Waals surface area contributed by atoms with Crippen molar-refractivity contribution in [2.45, 2.75) is 57.5 Å². The van der Waals surface area contributed by atoms with E-state index in [2.05, 4.69) is 66.9 Å². The molecule has 1 amide bonds. The molecule has 6 atom stereocenters. The van der Waals surface area contributed by atoms with Gasteiger partial charge in [0.1, 0.15) is 0 Å². The topological polar surface area (TPSA) is 41.1 Å². The molecular formula is C25H30N2O. The summed E-state index contributed by atoms with van der Waals surface area (Å²) in [6, 6.07) is 17.8. The van der Waals surface area contributed by atoms with Crippen molar-refractivity contribution >= 4 is 11.6 Å². The van der Waals surface area contributed by atoms with Crippen LogP contribution in [0.15, 0.2) is 48.5 Å². The predicted octanol–water partition coefficient (Wildman–Crippen LogP) is 5.51. The summed E-state index contributed by atoms with van der Waals surface area (Å²) >= 11 is 0. The molecule has 0 unspecified atom stereocenters. The summed E-state index contributed by atoms with van der Waals surface area (Å²) in [6.45, 7) is 4.17. The Kier molecular flexibility index (Phi) is 4.41. The summed E-state index contributed by atoms with van der Waals surface area (Å²) in [6.07, 6.45) is 5.00. The van der Waals surface area contributed by atoms with Gasteiger partial charge in [-0.2, -0.15) is 0 Å². The third-order valence-corrected chi connectivity index (χ3v) is 7.50. The molecule has 3 aliphatic rings. The highest BCUT2D eigenvalue weighted by molar-refractivity contribution is 5.95. The maximum atomic E-state index is 12.7. The molecule has 2 N–H and O–H groups in total. The standard InChI is InChI=1S/C25H30N2O/c1-3-15(2)26-25(28)19-11-12-21-20(14-19)22-17-9-10-18(13-17)23(22)24(27-21)16-7-5-4-6-8-16/h4-8,11-12,14-15,17-18,22-24,27H,3,9-10,13H2,1-2H3,(H,26,28)/t15-,17-,18-,22-,23+,24-/m0/s1. The molecule has 28 heavy (non-hydrogen) atoms. The average molecular weight is 375 g/mol. The van der Waals surface area contributed by atoms with Crippen LogP contribution in [0.5, 0.6) is 0 Å². The third-order valence-electron chi connectivity index (χ3n) is 7.50. The van der Waals surface area contributed by atoms with E-state index in [1.807, 2.05) is 6.07 Å². The molecule has 0 aromatic heterocycles. The SMILES string of the molecule is CC[C@H](C)NC(=O)c1ccc2c(c1)[C@@H]1[C@H]3CC[C@@H](C3)[C@H]1[C@H](c1ccccc1)N2. The number of carbonyl (C=O) groups is 1. The van der Waals surface area contributed by atoms with Gasteiger partial charge in [-0.25, -0.2) is 0 Å². The number of nitrogens with one attached hydrogen (secondary N) is 2. The van der Waals surface area contributed by atoms with Gasteiger partial charge in [0.05, 0.1) is 6.04 Å². The Morgan fingerprint density at radius 2 is 1.93 bits per heavy atom. The van der Waals surface area contributed by atoms with E-state index in [9.17, 15) is 4.79 Å². The van der Waals surface area contributed by atoms with Gasteiger partial charge < -0.3 is 10.6 Å². The van der Waals surface area contributed by atoms with Crippen molar-refractivity contribution in [3.63, 3.8) is 0 Å². The minimum Gasteiger partial charge on any atom is -0.378 e. The summed E-state index contributed by atoms with van der Waals surface area (Å²) in [4.78, 5) is 12.7. The Morgan fingerprint density at radius 1 is 1.14 bits per heavy atom. The Morgan fingerprint density at radius 3 is 2.71 bits per heavy atom. The molecule has 2 aromatic carbocycles. The third kappa shape index (κ3) is 2.83. The van der Waals surface area contributed by atoms with Gasteiger partial charge in [-0.3, -0.25) is 4.79 Å². The Labute approximate surface area is 167 Å². The largest absolute Gasteiger partial charge is 0.378 e. The van der Waals surface area contributed by atoms with Gasteiger partial charge >= 0.3 is 0 Å². The van der Waals surface area contributed by atoms with E-state index in [1.165, 1.54) is 36.1 Å². The molecule has 0 spiro atoms. The van der Waals surface area contributed by atoms with Gasteiger partial charge in [0.15, 0.2) is 0 Å². The molecule has 5 rings (SSSR count). The van der Waals surface area contributed by atoms with Gasteiger partial charge in [0.25, 0.3) is 5.91 Å². The Bertz CT molecular complexity index is 877. The van der Waals surface area contributed by atoms with Gasteiger partial charge in [-0.15, -0.1) is 0 Å². The number of hydrogen-bond donors (Lipinski definition) is 2. The molecule has 2 saturated carbocycles. The van der Waals surface area contributed by atoms with Crippen molar-refractivity contribution in [2.75, 3.05) is 5.32 Å². The molecule has 1 heterocycles. The minimum absolute atomic E-state index is 0.0574. The number of rotatable bonds is 4. The lowest BCUT2D eigenvalue weighted by atomic mass is 9.68. The fourth-order valence-electron chi connectivity index (χ4n) is 6.03. The van der Waals surface area contributed by atoms with Crippen LogP contribution in [-0.2, 0) is 0 Å². The highest BCUT2D eigenvalue weighted by Crippen LogP contribution is 2.63. The van der Waals surface area contributed by atoms with Crippen molar-refractivity contribution in [1.29, 1.82) is 0 Å². The Hall–Kier alpha value is -2.29. The van der Waals surface area contributed by atoms with E-state index < -0.39 is 0 Å². The first kappa shape index (κ1) is 17.8. The van der Waals surface area contributed by atoms with Crippen LogP contribution in [-0.4, -0.2) is 11.9 Å². The quantitative estimate of drug-likeness (QED) is 0.741. The zero-order valence-electron chi connectivity index (χ0n) is 16.8. The van der Waals surface area contributed by atoms with Crippen LogP contribution in [0.1, 0.15) is 73.0 Å². The van der Waals surface area contributed by atoms with E-state index in [4.69, 9.17) is 0 Å². The van der Waals surface area contributed by atoms with Crippen LogP contribution in [0, 0.1) is 17.8 Å². The summed E-state index contributed by atoms with van der Waals surface area (Å²) in [5.74, 6) is 2.86. The normalized spacial score (nSPS) is 30.9. The lowest BCUT2D eigenvalue weighted by Crippen LogP contribution is -2.36. The maximum Gasteiger partial charge on any atom is 0.251 e. The second-order valence-electron chi connectivity index (χ2n) is 9.05. The molecule has 2 fully saturated rings. The molecule has 3 heteroatoms. The smallest absolute Gasteiger partial charge is 0.251 e. The second kappa shape index (κ2) is 6.95. The number of hydrogen-bond acceptors (Lipinski definition) is 2. The minimum atomic E-state index is 0.0574. The molecule has 3 nitrogen and oxygen atoms in total. The van der Waals surface area contributed by atoms with Crippen molar-refractivity contribution in [3.8, 4) is 0 Å². The van der Waals surface area contributed by atoms with E-state index >= 15 is 0 Å². The van der Waals surface area contributed by atoms with Crippen LogP contribution in [0.4, 0.5) is 5.69 Å². The van der Waals surface area contributed by atoms with Crippen LogP contribution >= 0.6 is 0 Å². The van der Waals surface area contributed by atoms with Gasteiger partial charge in [0, 0.05) is 17.3 Å². The molecule has 2 aliphatic carbocycles. The van der Waals surface area contributed by atoms with Gasteiger partial charge in [-0.1, -0.05) is 37.3 Å². The van der Waals surface area contributed by atoms with Crippen LogP contribution in [0.3, 0.4) is 0 Å². The van der Waals surface area contributed by atoms with Crippen LogP contribution < -0.4 is 10.6 Å². The van der Waals surface area contributed by atoms with E-state index in [1.54, 1.807) is 0 Å². The number of carbonyl (C=O) groups excluding carboxylic acids is 1. The van der Waals surface area contributed by atoms with Gasteiger partial charge in [0.2, 0.25) is 0 Å². The van der Waals surface area contributed by atoms with Crippen molar-refractivity contribution < 1.29 is 4.79 Å². The summed E-state index contributed by atoms with van der Waals surface area (Å²) < 4.78 is 0. The van der Waals surface area contributed by atoms with E-state index in [0.717, 1.165) is 23.8 Å². The summed E-state index contributed by atoms with van der Waals surface area (Å²) in [7, 11) is 0.